The van der Waals surface area contributed by atoms with Gasteiger partial charge in [0.15, 0.2) is 0 Å². The van der Waals surface area contributed by atoms with Crippen molar-refractivity contribution in [3.63, 3.8) is 0 Å². The zero-order valence-electron chi connectivity index (χ0n) is 7.72. The van der Waals surface area contributed by atoms with Gasteiger partial charge in [-0.05, 0) is 0 Å². The van der Waals surface area contributed by atoms with Crippen LogP contribution in [0.2, 0.25) is 0 Å². The van der Waals surface area contributed by atoms with Crippen molar-refractivity contribution in [3.8, 4) is 0 Å². The van der Waals surface area contributed by atoms with Gasteiger partial charge >= 0.3 is 13.6 Å². The molecule has 0 heterocycles. The quantitative estimate of drug-likeness (QED) is 0.497. The first-order valence-electron chi connectivity index (χ1n) is 3.86. The number of carboxylic acid groups (broad SMARTS) is 1. The Bertz CT molecular complexity index is 244. The molecule has 0 saturated carbocycles. The van der Waals surface area contributed by atoms with Gasteiger partial charge < -0.3 is 14.2 Å². The van der Waals surface area contributed by atoms with Gasteiger partial charge in [-0.1, -0.05) is 12.2 Å². The SMILES string of the molecule is C=CCOP(=O)(CC(=O)O)OCC=C. The molecule has 0 atom stereocenters. The Morgan fingerprint density at radius 3 is 2.00 bits per heavy atom. The monoisotopic (exact) mass is 220 g/mol. The summed E-state index contributed by atoms with van der Waals surface area (Å²) in [5, 5.41) is 8.46. The Balaban J connectivity index is 4.31. The molecule has 80 valence electrons. The van der Waals surface area contributed by atoms with E-state index >= 15 is 0 Å². The second-order valence-electron chi connectivity index (χ2n) is 2.33. The molecule has 0 aromatic heterocycles. The molecule has 0 bridgehead atoms. The molecule has 5 nitrogen and oxygen atoms in total. The van der Waals surface area contributed by atoms with Crippen molar-refractivity contribution < 1.29 is 23.5 Å². The third-order valence-electron chi connectivity index (χ3n) is 1.11. The van der Waals surface area contributed by atoms with Crippen molar-refractivity contribution in [3.05, 3.63) is 25.3 Å². The number of carboxylic acids is 1. The van der Waals surface area contributed by atoms with Gasteiger partial charge in [-0.2, -0.15) is 0 Å². The van der Waals surface area contributed by atoms with E-state index in [1.807, 2.05) is 0 Å². The van der Waals surface area contributed by atoms with Crippen LogP contribution in [0.1, 0.15) is 0 Å². The highest BCUT2D eigenvalue weighted by Gasteiger charge is 2.27. The third-order valence-corrected chi connectivity index (χ3v) is 2.85. The highest BCUT2D eigenvalue weighted by Crippen LogP contribution is 2.47. The number of hydrogen-bond acceptors (Lipinski definition) is 4. The molecule has 0 radical (unpaired) electrons. The average Bonchev–Trinajstić information content (AvgIpc) is 2.11. The smallest absolute Gasteiger partial charge is 0.342 e. The summed E-state index contributed by atoms with van der Waals surface area (Å²) in [6, 6.07) is 0. The number of aliphatic carboxylic acids is 1. The maximum atomic E-state index is 11.6. The largest absolute Gasteiger partial charge is 0.481 e. The summed E-state index contributed by atoms with van der Waals surface area (Å²) < 4.78 is 21.2. The maximum absolute atomic E-state index is 11.6. The summed E-state index contributed by atoms with van der Waals surface area (Å²) in [4.78, 5) is 10.4. The lowest BCUT2D eigenvalue weighted by molar-refractivity contribution is -0.134. The van der Waals surface area contributed by atoms with Crippen LogP contribution in [0, 0.1) is 0 Å². The minimum atomic E-state index is -3.55. The van der Waals surface area contributed by atoms with Gasteiger partial charge in [-0.15, -0.1) is 13.2 Å². The molecule has 0 rings (SSSR count). The summed E-state index contributed by atoms with van der Waals surface area (Å²) >= 11 is 0. The molecule has 14 heavy (non-hydrogen) atoms. The van der Waals surface area contributed by atoms with Gasteiger partial charge in [0.1, 0.15) is 6.16 Å². The normalized spacial score (nSPS) is 10.9. The molecular formula is C8H13O5P. The third kappa shape index (κ3) is 5.70. The fraction of sp³-hybridized carbons (Fsp3) is 0.375. The standard InChI is InChI=1S/C8H13O5P/c1-3-5-12-14(11,7-8(9)10)13-6-4-2/h3-4H,1-2,5-7H2,(H,9,10). The van der Waals surface area contributed by atoms with Crippen molar-refractivity contribution in [2.75, 3.05) is 19.4 Å². The van der Waals surface area contributed by atoms with Crippen molar-refractivity contribution >= 4 is 13.6 Å². The second kappa shape index (κ2) is 6.54. The fourth-order valence-electron chi connectivity index (χ4n) is 0.627. The average molecular weight is 220 g/mol. The van der Waals surface area contributed by atoms with E-state index in [9.17, 15) is 9.36 Å². The predicted octanol–water partition coefficient (Wildman–Crippen LogP) is 1.67. The van der Waals surface area contributed by atoms with Crippen LogP contribution >= 0.6 is 7.60 Å². The van der Waals surface area contributed by atoms with Gasteiger partial charge in [-0.25, -0.2) is 0 Å². The Morgan fingerprint density at radius 2 is 1.71 bits per heavy atom. The van der Waals surface area contributed by atoms with Crippen molar-refractivity contribution in [1.29, 1.82) is 0 Å². The molecule has 0 aromatic rings. The van der Waals surface area contributed by atoms with E-state index in [-0.39, 0.29) is 13.2 Å². The fourth-order valence-corrected chi connectivity index (χ4v) is 1.88. The van der Waals surface area contributed by atoms with Crippen LogP contribution in [0.5, 0.6) is 0 Å². The van der Waals surface area contributed by atoms with Crippen LogP contribution in [-0.2, 0) is 18.4 Å². The summed E-state index contributed by atoms with van der Waals surface area (Å²) in [6.45, 7) is 6.68. The summed E-state index contributed by atoms with van der Waals surface area (Å²) in [5.41, 5.74) is 0. The maximum Gasteiger partial charge on any atom is 0.342 e. The Morgan fingerprint density at radius 1 is 1.29 bits per heavy atom. The highest BCUT2D eigenvalue weighted by molar-refractivity contribution is 7.54. The molecule has 0 amide bonds. The van der Waals surface area contributed by atoms with E-state index in [1.165, 1.54) is 12.2 Å². The van der Waals surface area contributed by atoms with Crippen molar-refractivity contribution in [1.82, 2.24) is 0 Å². The van der Waals surface area contributed by atoms with Crippen LogP contribution in [0.25, 0.3) is 0 Å². The van der Waals surface area contributed by atoms with E-state index in [1.54, 1.807) is 0 Å². The minimum Gasteiger partial charge on any atom is -0.481 e. The lowest BCUT2D eigenvalue weighted by Gasteiger charge is -2.14. The van der Waals surface area contributed by atoms with E-state index in [4.69, 9.17) is 14.2 Å². The first-order chi connectivity index (χ1) is 6.54. The van der Waals surface area contributed by atoms with E-state index in [0.717, 1.165) is 0 Å². The predicted molar refractivity (Wildman–Crippen MR) is 52.4 cm³/mol. The Labute approximate surface area is 82.6 Å². The molecular weight excluding hydrogens is 207 g/mol. The summed E-state index contributed by atoms with van der Waals surface area (Å²) in [6.07, 6.45) is 2.08. The molecule has 0 saturated heterocycles. The van der Waals surface area contributed by atoms with Gasteiger partial charge in [-0.3, -0.25) is 9.36 Å². The van der Waals surface area contributed by atoms with Crippen molar-refractivity contribution in [2.45, 2.75) is 0 Å². The van der Waals surface area contributed by atoms with Gasteiger partial charge in [0.2, 0.25) is 0 Å². The van der Waals surface area contributed by atoms with Gasteiger partial charge in [0.25, 0.3) is 0 Å². The van der Waals surface area contributed by atoms with Crippen LogP contribution in [-0.4, -0.2) is 30.5 Å². The lowest BCUT2D eigenvalue weighted by atomic mass is 10.7. The molecule has 0 aliphatic rings. The zero-order chi connectivity index (χ0) is 11.0. The van der Waals surface area contributed by atoms with Crippen LogP contribution in [0.3, 0.4) is 0 Å². The van der Waals surface area contributed by atoms with Gasteiger partial charge in [0.05, 0.1) is 13.2 Å². The molecule has 0 aliphatic heterocycles. The number of carbonyl (C=O) groups is 1. The second-order valence-corrected chi connectivity index (χ2v) is 4.39. The first kappa shape index (κ1) is 13.1. The molecule has 6 heteroatoms. The Kier molecular flexibility index (Phi) is 6.12. The van der Waals surface area contributed by atoms with Crippen LogP contribution < -0.4 is 0 Å². The van der Waals surface area contributed by atoms with E-state index < -0.39 is 19.7 Å². The molecule has 0 unspecified atom stereocenters. The lowest BCUT2D eigenvalue weighted by Crippen LogP contribution is -2.08. The summed E-state index contributed by atoms with van der Waals surface area (Å²) in [7, 11) is -3.55. The highest BCUT2D eigenvalue weighted by atomic mass is 31.2. The molecule has 0 fully saturated rings. The molecule has 0 aromatic carbocycles. The molecule has 1 N–H and O–H groups in total. The summed E-state index contributed by atoms with van der Waals surface area (Å²) in [5.74, 6) is -1.23. The van der Waals surface area contributed by atoms with E-state index in [0.29, 0.717) is 0 Å². The first-order valence-corrected chi connectivity index (χ1v) is 5.58. The molecule has 0 spiro atoms. The minimum absolute atomic E-state index is 0.0122. The van der Waals surface area contributed by atoms with Gasteiger partial charge in [0, 0.05) is 0 Å². The van der Waals surface area contributed by atoms with Crippen molar-refractivity contribution in [2.24, 2.45) is 0 Å². The zero-order valence-corrected chi connectivity index (χ0v) is 8.61. The number of rotatable bonds is 8. The van der Waals surface area contributed by atoms with E-state index in [2.05, 4.69) is 13.2 Å². The topological polar surface area (TPSA) is 72.8 Å². The van der Waals surface area contributed by atoms with Crippen LogP contribution in [0.15, 0.2) is 25.3 Å². The Hall–Kier alpha value is -0.900. The van der Waals surface area contributed by atoms with Crippen LogP contribution in [0.4, 0.5) is 0 Å². The molecule has 0 aliphatic carbocycles. The number of hydrogen-bond donors (Lipinski definition) is 1.